The molecule has 0 aliphatic rings. The summed E-state index contributed by atoms with van der Waals surface area (Å²) in [7, 11) is 2.00. The normalized spacial score (nSPS) is 10.3. The molecule has 0 bridgehead atoms. The molecule has 104 valence electrons. The number of halogens is 2. The van der Waals surface area contributed by atoms with Crippen molar-refractivity contribution in [3.63, 3.8) is 0 Å². The standard InChI is InChI=1S/C14H18BrN3.HI/c1-4-10-17-14(16-5-2)18(3)11-12-6-8-13(15)9-7-12;/h1,6-9H,5,10-11H2,2-3H3,(H,16,17);1H. The van der Waals surface area contributed by atoms with Gasteiger partial charge in [-0.1, -0.05) is 34.0 Å². The minimum Gasteiger partial charge on any atom is -0.356 e. The first-order valence-corrected chi connectivity index (χ1v) is 6.64. The molecule has 1 rings (SSSR count). The van der Waals surface area contributed by atoms with Crippen molar-refractivity contribution >= 4 is 45.9 Å². The van der Waals surface area contributed by atoms with E-state index in [9.17, 15) is 0 Å². The van der Waals surface area contributed by atoms with Crippen LogP contribution in [0.3, 0.4) is 0 Å². The molecule has 5 heteroatoms. The first-order valence-electron chi connectivity index (χ1n) is 5.84. The van der Waals surface area contributed by atoms with Crippen LogP contribution in [0.5, 0.6) is 0 Å². The summed E-state index contributed by atoms with van der Waals surface area (Å²) in [6.07, 6.45) is 5.23. The SMILES string of the molecule is C#CCN=C(NCC)N(C)Cc1ccc(Br)cc1.I. The second kappa shape index (κ2) is 10.1. The largest absolute Gasteiger partial charge is 0.356 e. The monoisotopic (exact) mass is 435 g/mol. The molecular formula is C14H19BrIN3. The van der Waals surface area contributed by atoms with Gasteiger partial charge in [-0.3, -0.25) is 0 Å². The third kappa shape index (κ3) is 6.83. The van der Waals surface area contributed by atoms with Crippen molar-refractivity contribution in [2.24, 2.45) is 4.99 Å². The molecule has 0 amide bonds. The zero-order valence-electron chi connectivity index (χ0n) is 11.2. The van der Waals surface area contributed by atoms with Gasteiger partial charge in [0.1, 0.15) is 6.54 Å². The van der Waals surface area contributed by atoms with Crippen molar-refractivity contribution in [3.05, 3.63) is 34.3 Å². The zero-order chi connectivity index (χ0) is 13.4. The van der Waals surface area contributed by atoms with Gasteiger partial charge in [0.2, 0.25) is 0 Å². The molecule has 0 saturated heterocycles. The number of terminal acetylenes is 1. The Morgan fingerprint density at radius 3 is 2.58 bits per heavy atom. The van der Waals surface area contributed by atoms with E-state index in [4.69, 9.17) is 6.42 Å². The summed E-state index contributed by atoms with van der Waals surface area (Å²) in [5.74, 6) is 3.35. The van der Waals surface area contributed by atoms with E-state index in [-0.39, 0.29) is 24.0 Å². The summed E-state index contributed by atoms with van der Waals surface area (Å²) >= 11 is 3.43. The fraction of sp³-hybridized carbons (Fsp3) is 0.357. The van der Waals surface area contributed by atoms with Gasteiger partial charge in [-0.25, -0.2) is 4.99 Å². The first-order chi connectivity index (χ1) is 8.67. The van der Waals surface area contributed by atoms with Crippen molar-refractivity contribution in [1.29, 1.82) is 0 Å². The number of aliphatic imine (C=N–C) groups is 1. The Morgan fingerprint density at radius 2 is 2.05 bits per heavy atom. The van der Waals surface area contributed by atoms with Gasteiger partial charge in [0.15, 0.2) is 5.96 Å². The molecule has 0 radical (unpaired) electrons. The molecule has 0 spiro atoms. The average Bonchev–Trinajstić information content (AvgIpc) is 2.37. The van der Waals surface area contributed by atoms with Gasteiger partial charge in [-0.15, -0.1) is 30.4 Å². The Kier molecular flexibility index (Phi) is 9.70. The molecule has 0 saturated carbocycles. The molecule has 0 aliphatic carbocycles. The van der Waals surface area contributed by atoms with Crippen LogP contribution in [0.1, 0.15) is 12.5 Å². The van der Waals surface area contributed by atoms with Gasteiger partial charge in [0.05, 0.1) is 0 Å². The van der Waals surface area contributed by atoms with Crippen molar-refractivity contribution in [1.82, 2.24) is 10.2 Å². The smallest absolute Gasteiger partial charge is 0.194 e. The van der Waals surface area contributed by atoms with Gasteiger partial charge in [0, 0.05) is 24.6 Å². The summed E-state index contributed by atoms with van der Waals surface area (Å²) in [5, 5.41) is 3.22. The molecular weight excluding hydrogens is 417 g/mol. The van der Waals surface area contributed by atoms with E-state index in [1.807, 2.05) is 26.1 Å². The van der Waals surface area contributed by atoms with Crippen LogP contribution in [0.4, 0.5) is 0 Å². The van der Waals surface area contributed by atoms with Crippen LogP contribution in [-0.4, -0.2) is 31.0 Å². The highest BCUT2D eigenvalue weighted by Crippen LogP contribution is 2.11. The molecule has 1 aromatic carbocycles. The van der Waals surface area contributed by atoms with E-state index in [0.717, 1.165) is 23.5 Å². The Morgan fingerprint density at radius 1 is 1.42 bits per heavy atom. The third-order valence-electron chi connectivity index (χ3n) is 2.35. The predicted octanol–water partition coefficient (Wildman–Crippen LogP) is 3.10. The number of benzene rings is 1. The molecule has 0 unspecified atom stereocenters. The van der Waals surface area contributed by atoms with Crippen LogP contribution >= 0.6 is 39.9 Å². The topological polar surface area (TPSA) is 27.6 Å². The molecule has 0 aromatic heterocycles. The van der Waals surface area contributed by atoms with Crippen molar-refractivity contribution < 1.29 is 0 Å². The predicted molar refractivity (Wildman–Crippen MR) is 95.8 cm³/mol. The minimum absolute atomic E-state index is 0. The number of hydrogen-bond acceptors (Lipinski definition) is 1. The molecule has 0 heterocycles. The van der Waals surface area contributed by atoms with E-state index in [1.54, 1.807) is 0 Å². The molecule has 0 aliphatic heterocycles. The highest BCUT2D eigenvalue weighted by Gasteiger charge is 2.05. The van der Waals surface area contributed by atoms with Gasteiger partial charge >= 0.3 is 0 Å². The Bertz CT molecular complexity index is 437. The second-order valence-electron chi connectivity index (χ2n) is 3.86. The lowest BCUT2D eigenvalue weighted by Gasteiger charge is -2.21. The number of guanidine groups is 1. The highest BCUT2D eigenvalue weighted by molar-refractivity contribution is 14.0. The van der Waals surface area contributed by atoms with Gasteiger partial charge in [0.25, 0.3) is 0 Å². The van der Waals surface area contributed by atoms with Gasteiger partial charge < -0.3 is 10.2 Å². The Labute approximate surface area is 141 Å². The maximum absolute atomic E-state index is 5.23. The number of nitrogens with zero attached hydrogens (tertiary/aromatic N) is 2. The van der Waals surface area contributed by atoms with E-state index in [0.29, 0.717) is 6.54 Å². The summed E-state index contributed by atoms with van der Waals surface area (Å²) < 4.78 is 1.09. The second-order valence-corrected chi connectivity index (χ2v) is 4.77. The lowest BCUT2D eigenvalue weighted by atomic mass is 10.2. The highest BCUT2D eigenvalue weighted by atomic mass is 127. The molecule has 0 atom stereocenters. The van der Waals surface area contributed by atoms with Crippen molar-refractivity contribution in [2.75, 3.05) is 20.1 Å². The Hall–Kier alpha value is -0.740. The van der Waals surface area contributed by atoms with Crippen LogP contribution in [0.15, 0.2) is 33.7 Å². The van der Waals surface area contributed by atoms with Gasteiger partial charge in [-0.2, -0.15) is 0 Å². The minimum atomic E-state index is 0. The summed E-state index contributed by atoms with van der Waals surface area (Å²) in [5.41, 5.74) is 1.23. The quantitative estimate of drug-likeness (QED) is 0.340. The van der Waals surface area contributed by atoms with Crippen LogP contribution in [0.2, 0.25) is 0 Å². The van der Waals surface area contributed by atoms with E-state index >= 15 is 0 Å². The maximum atomic E-state index is 5.23. The molecule has 3 nitrogen and oxygen atoms in total. The molecule has 0 fully saturated rings. The lowest BCUT2D eigenvalue weighted by molar-refractivity contribution is 0.478. The fourth-order valence-corrected chi connectivity index (χ4v) is 1.79. The van der Waals surface area contributed by atoms with E-state index < -0.39 is 0 Å². The van der Waals surface area contributed by atoms with Crippen LogP contribution in [0, 0.1) is 12.3 Å². The first kappa shape index (κ1) is 18.3. The van der Waals surface area contributed by atoms with Crippen LogP contribution in [-0.2, 0) is 6.54 Å². The van der Waals surface area contributed by atoms with Crippen molar-refractivity contribution in [3.8, 4) is 12.3 Å². The summed E-state index contributed by atoms with van der Waals surface area (Å²) in [6.45, 7) is 4.06. The van der Waals surface area contributed by atoms with E-state index in [2.05, 4.69) is 49.2 Å². The van der Waals surface area contributed by atoms with Gasteiger partial charge in [-0.05, 0) is 24.6 Å². The van der Waals surface area contributed by atoms with E-state index in [1.165, 1.54) is 5.56 Å². The van der Waals surface area contributed by atoms with Crippen LogP contribution in [0.25, 0.3) is 0 Å². The number of hydrogen-bond donors (Lipinski definition) is 1. The number of rotatable bonds is 4. The fourth-order valence-electron chi connectivity index (χ4n) is 1.53. The maximum Gasteiger partial charge on any atom is 0.194 e. The van der Waals surface area contributed by atoms with Crippen LogP contribution < -0.4 is 5.32 Å². The average molecular weight is 436 g/mol. The Balaban J connectivity index is 0.00000324. The zero-order valence-corrected chi connectivity index (χ0v) is 15.1. The van der Waals surface area contributed by atoms with Crippen molar-refractivity contribution in [2.45, 2.75) is 13.5 Å². The summed E-state index contributed by atoms with van der Waals surface area (Å²) in [4.78, 5) is 6.39. The lowest BCUT2D eigenvalue weighted by Crippen LogP contribution is -2.38. The third-order valence-corrected chi connectivity index (χ3v) is 2.88. The molecule has 19 heavy (non-hydrogen) atoms. The molecule has 1 aromatic rings. The molecule has 1 N–H and O–H groups in total. The summed E-state index contributed by atoms with van der Waals surface area (Å²) in [6, 6.07) is 8.25. The number of nitrogens with one attached hydrogen (secondary N) is 1.